The number of amides is 1. The molecule has 134 valence electrons. The normalized spacial score (nSPS) is 11.4. The number of carbonyl (C=O) groups is 1. The van der Waals surface area contributed by atoms with E-state index in [1.807, 2.05) is 0 Å². The largest absolute Gasteiger partial charge is 0.437 e. The zero-order valence-electron chi connectivity index (χ0n) is 13.9. The molecule has 0 fully saturated rings. The molecule has 1 aromatic carbocycles. The first-order valence-electron chi connectivity index (χ1n) is 7.49. The predicted octanol–water partition coefficient (Wildman–Crippen LogP) is 2.78. The van der Waals surface area contributed by atoms with E-state index >= 15 is 0 Å². The van der Waals surface area contributed by atoms with Crippen molar-refractivity contribution in [3.05, 3.63) is 46.9 Å². The van der Waals surface area contributed by atoms with E-state index in [9.17, 15) is 4.79 Å². The molecule has 11 heteroatoms. The monoisotopic (exact) mass is 375 g/mol. The minimum atomic E-state index is -0.721. The van der Waals surface area contributed by atoms with Crippen LogP contribution in [0.2, 0.25) is 5.02 Å². The fourth-order valence-corrected chi connectivity index (χ4v) is 2.04. The number of halogens is 1. The summed E-state index contributed by atoms with van der Waals surface area (Å²) in [4.78, 5) is 17.7. The molecule has 2 aromatic heterocycles. The molecular weight excluding hydrogens is 362 g/mol. The van der Waals surface area contributed by atoms with E-state index in [2.05, 4.69) is 31.0 Å². The van der Waals surface area contributed by atoms with Crippen LogP contribution in [0.5, 0.6) is 0 Å². The Bertz CT molecular complexity index is 933. The maximum Gasteiger partial charge on any atom is 0.437 e. The molecule has 0 bridgehead atoms. The number of oxime groups is 1. The smallest absolute Gasteiger partial charge is 0.359 e. The summed E-state index contributed by atoms with van der Waals surface area (Å²) in [6, 6.07) is 8.27. The Morgan fingerprint density at radius 1 is 1.38 bits per heavy atom. The molecule has 1 N–H and O–H groups in total. The Morgan fingerprint density at radius 3 is 2.85 bits per heavy atom. The average molecular weight is 376 g/mol. The van der Waals surface area contributed by atoms with Gasteiger partial charge >= 0.3 is 6.09 Å². The number of nitrogens with one attached hydrogen (secondary N) is 1. The van der Waals surface area contributed by atoms with Gasteiger partial charge in [-0.3, -0.25) is 10.2 Å². The summed E-state index contributed by atoms with van der Waals surface area (Å²) in [6.45, 7) is 3.44. The van der Waals surface area contributed by atoms with E-state index < -0.39 is 6.09 Å². The first-order valence-corrected chi connectivity index (χ1v) is 7.87. The molecule has 26 heavy (non-hydrogen) atoms. The van der Waals surface area contributed by atoms with Gasteiger partial charge in [0.05, 0.1) is 12.1 Å². The van der Waals surface area contributed by atoms with E-state index in [4.69, 9.17) is 21.0 Å². The fraction of sp³-hybridized carbons (Fsp3) is 0.200. The van der Waals surface area contributed by atoms with Gasteiger partial charge in [-0.25, -0.2) is 4.79 Å². The molecule has 2 heterocycles. The molecule has 0 radical (unpaired) electrons. The third-order valence-electron chi connectivity index (χ3n) is 3.06. The van der Waals surface area contributed by atoms with Crippen molar-refractivity contribution in [1.82, 2.24) is 25.4 Å². The van der Waals surface area contributed by atoms with Crippen LogP contribution < -0.4 is 5.32 Å². The summed E-state index contributed by atoms with van der Waals surface area (Å²) in [7, 11) is 0. The van der Waals surface area contributed by atoms with Gasteiger partial charge in [0.1, 0.15) is 5.76 Å². The molecule has 0 aliphatic carbocycles. The van der Waals surface area contributed by atoms with Crippen molar-refractivity contribution in [3.63, 3.8) is 0 Å². The van der Waals surface area contributed by atoms with Crippen LogP contribution in [0, 0.1) is 6.92 Å². The van der Waals surface area contributed by atoms with Crippen LogP contribution in [0.25, 0.3) is 5.82 Å². The van der Waals surface area contributed by atoms with Gasteiger partial charge in [-0.15, -0.1) is 15.0 Å². The highest BCUT2D eigenvalue weighted by atomic mass is 35.5. The van der Waals surface area contributed by atoms with Crippen molar-refractivity contribution in [2.75, 3.05) is 5.32 Å². The van der Waals surface area contributed by atoms with Crippen LogP contribution >= 0.6 is 11.6 Å². The van der Waals surface area contributed by atoms with Crippen molar-refractivity contribution < 1.29 is 14.2 Å². The molecular formula is C15H14ClN7O3. The van der Waals surface area contributed by atoms with Crippen molar-refractivity contribution >= 4 is 29.1 Å². The fourth-order valence-electron chi connectivity index (χ4n) is 1.91. The van der Waals surface area contributed by atoms with Crippen LogP contribution in [-0.4, -0.2) is 37.2 Å². The lowest BCUT2D eigenvalue weighted by atomic mass is 10.3. The van der Waals surface area contributed by atoms with Crippen molar-refractivity contribution in [2.45, 2.75) is 20.3 Å². The molecule has 3 aromatic rings. The Kier molecular flexibility index (Phi) is 5.23. The SMILES string of the molecule is CC(Cc1nnn(-c2cc(C)on2)n1)=NOC(=O)Nc1ccc(Cl)cc1. The first-order chi connectivity index (χ1) is 12.5. The Morgan fingerprint density at radius 2 is 2.15 bits per heavy atom. The first kappa shape index (κ1) is 17.5. The molecule has 0 aliphatic heterocycles. The van der Waals surface area contributed by atoms with Crippen LogP contribution in [0.3, 0.4) is 0 Å². The van der Waals surface area contributed by atoms with E-state index in [1.165, 1.54) is 4.80 Å². The van der Waals surface area contributed by atoms with Gasteiger partial charge in [0.25, 0.3) is 0 Å². The molecule has 0 unspecified atom stereocenters. The van der Waals surface area contributed by atoms with E-state index in [0.29, 0.717) is 33.8 Å². The van der Waals surface area contributed by atoms with Gasteiger partial charge in [-0.2, -0.15) is 0 Å². The molecule has 1 amide bonds. The summed E-state index contributed by atoms with van der Waals surface area (Å²) in [5, 5.41) is 22.6. The standard InChI is InChI=1S/C15H14ClN7O3/c1-9(20-26-15(24)17-12-5-3-11(16)4-6-12)7-13-18-22-23(19-13)14-8-10(2)25-21-14/h3-6,8H,7H2,1-2H3,(H,17,24). The number of carbonyl (C=O) groups excluding carboxylic acids is 1. The van der Waals surface area contributed by atoms with Crippen LogP contribution in [0.15, 0.2) is 40.0 Å². The molecule has 0 atom stereocenters. The number of nitrogens with zero attached hydrogens (tertiary/aromatic N) is 6. The van der Waals surface area contributed by atoms with Gasteiger partial charge in [-0.1, -0.05) is 21.9 Å². The second kappa shape index (κ2) is 7.74. The lowest BCUT2D eigenvalue weighted by Crippen LogP contribution is -2.12. The van der Waals surface area contributed by atoms with Gasteiger partial charge < -0.3 is 4.52 Å². The minimum absolute atomic E-state index is 0.255. The van der Waals surface area contributed by atoms with E-state index in [0.717, 1.165) is 0 Å². The lowest BCUT2D eigenvalue weighted by Gasteiger charge is -2.03. The molecule has 10 nitrogen and oxygen atoms in total. The number of hydrogen-bond donors (Lipinski definition) is 1. The summed E-state index contributed by atoms with van der Waals surface area (Å²) in [5.41, 5.74) is 1.03. The maximum atomic E-state index is 11.7. The predicted molar refractivity (Wildman–Crippen MR) is 92.3 cm³/mol. The zero-order chi connectivity index (χ0) is 18.5. The second-order valence-corrected chi connectivity index (χ2v) is 5.74. The quantitative estimate of drug-likeness (QED) is 0.413. The second-order valence-electron chi connectivity index (χ2n) is 5.30. The van der Waals surface area contributed by atoms with Gasteiger partial charge in [0, 0.05) is 16.8 Å². The van der Waals surface area contributed by atoms with Crippen molar-refractivity contribution in [3.8, 4) is 5.82 Å². The third kappa shape index (κ3) is 4.63. The highest BCUT2D eigenvalue weighted by molar-refractivity contribution is 6.30. The number of aromatic nitrogens is 5. The zero-order valence-corrected chi connectivity index (χ0v) is 14.6. The van der Waals surface area contributed by atoms with Gasteiger partial charge in [0.2, 0.25) is 5.82 Å². The summed E-state index contributed by atoms with van der Waals surface area (Å²) in [5.74, 6) is 1.46. The number of tetrazole rings is 1. The van der Waals surface area contributed by atoms with Crippen molar-refractivity contribution in [1.29, 1.82) is 0 Å². The molecule has 0 aliphatic rings. The Hall–Kier alpha value is -3.27. The molecule has 0 saturated heterocycles. The van der Waals surface area contributed by atoms with E-state index in [1.54, 1.807) is 44.2 Å². The summed E-state index contributed by atoms with van der Waals surface area (Å²) < 4.78 is 4.96. The Balaban J connectivity index is 1.54. The molecule has 0 saturated carbocycles. The lowest BCUT2D eigenvalue weighted by molar-refractivity contribution is 0.166. The number of rotatable bonds is 5. The third-order valence-corrected chi connectivity index (χ3v) is 3.32. The molecule has 0 spiro atoms. The highest BCUT2D eigenvalue weighted by Crippen LogP contribution is 2.13. The minimum Gasteiger partial charge on any atom is -0.359 e. The van der Waals surface area contributed by atoms with Crippen LogP contribution in [0.1, 0.15) is 18.5 Å². The number of anilines is 1. The van der Waals surface area contributed by atoms with Gasteiger partial charge in [-0.05, 0) is 43.3 Å². The summed E-state index contributed by atoms with van der Waals surface area (Å²) >= 11 is 5.78. The van der Waals surface area contributed by atoms with Crippen LogP contribution in [0.4, 0.5) is 10.5 Å². The van der Waals surface area contributed by atoms with Gasteiger partial charge in [0.15, 0.2) is 5.82 Å². The molecule has 3 rings (SSSR count). The van der Waals surface area contributed by atoms with E-state index in [-0.39, 0.29) is 6.42 Å². The maximum absolute atomic E-state index is 11.7. The number of benzene rings is 1. The number of aryl methyl sites for hydroxylation is 1. The summed E-state index contributed by atoms with van der Waals surface area (Å²) in [6.07, 6.45) is -0.466. The Labute approximate surface area is 152 Å². The van der Waals surface area contributed by atoms with Crippen LogP contribution in [-0.2, 0) is 11.3 Å². The average Bonchev–Trinajstić information content (AvgIpc) is 3.24. The highest BCUT2D eigenvalue weighted by Gasteiger charge is 2.10. The topological polar surface area (TPSA) is 120 Å². The number of hydrogen-bond acceptors (Lipinski definition) is 8. The van der Waals surface area contributed by atoms with Crippen molar-refractivity contribution in [2.24, 2.45) is 5.16 Å².